The first-order valence-electron chi connectivity index (χ1n) is 7.95. The van der Waals surface area contributed by atoms with Gasteiger partial charge in [-0.1, -0.05) is 71.3 Å². The lowest BCUT2D eigenvalue weighted by molar-refractivity contribution is -0.132. The Morgan fingerprint density at radius 3 is 2.25 bits per heavy atom. The number of unbranched alkanes of at least 4 members (excludes halogenated alkanes) is 6. The van der Waals surface area contributed by atoms with Crippen LogP contribution in [0.2, 0.25) is 0 Å². The third kappa shape index (κ3) is 10.6. The Bertz CT molecular complexity index is 328. The first-order chi connectivity index (χ1) is 9.61. The summed E-state index contributed by atoms with van der Waals surface area (Å²) in [7, 11) is 0. The Hall–Kier alpha value is -1.30. The van der Waals surface area contributed by atoms with E-state index in [1.807, 2.05) is 0 Å². The van der Waals surface area contributed by atoms with Gasteiger partial charge >= 0.3 is 5.97 Å². The van der Waals surface area contributed by atoms with Crippen molar-refractivity contribution in [3.05, 3.63) is 11.6 Å². The smallest absolute Gasteiger partial charge is 0.346 e. The van der Waals surface area contributed by atoms with E-state index in [1.54, 1.807) is 6.07 Å². The molecule has 0 aliphatic carbocycles. The fraction of sp³-hybridized carbons (Fsp3) is 0.765. The molecule has 0 bridgehead atoms. The number of nitriles is 1. The van der Waals surface area contributed by atoms with Crippen LogP contribution in [-0.2, 0) is 4.79 Å². The highest BCUT2D eigenvalue weighted by Gasteiger charge is 2.04. The molecule has 1 N–H and O–H groups in total. The molecule has 20 heavy (non-hydrogen) atoms. The summed E-state index contributed by atoms with van der Waals surface area (Å²) in [4.78, 5) is 10.6. The molecule has 0 aliphatic rings. The molecule has 0 spiro atoms. The quantitative estimate of drug-likeness (QED) is 0.308. The predicted molar refractivity (Wildman–Crippen MR) is 82.3 cm³/mol. The minimum Gasteiger partial charge on any atom is -0.477 e. The van der Waals surface area contributed by atoms with Crippen LogP contribution < -0.4 is 0 Å². The van der Waals surface area contributed by atoms with Gasteiger partial charge in [0.2, 0.25) is 0 Å². The number of carboxylic acid groups (broad SMARTS) is 1. The summed E-state index contributed by atoms with van der Waals surface area (Å²) in [5, 5.41) is 17.3. The minimum absolute atomic E-state index is 0.130. The van der Waals surface area contributed by atoms with Crippen molar-refractivity contribution in [2.24, 2.45) is 5.92 Å². The van der Waals surface area contributed by atoms with Gasteiger partial charge in [0, 0.05) is 0 Å². The maximum atomic E-state index is 10.6. The normalized spacial score (nSPS) is 12.9. The first-order valence-corrected chi connectivity index (χ1v) is 7.95. The van der Waals surface area contributed by atoms with Gasteiger partial charge in [-0.15, -0.1) is 0 Å². The second kappa shape index (κ2) is 12.7. The molecule has 0 aromatic rings. The average molecular weight is 279 g/mol. The van der Waals surface area contributed by atoms with E-state index >= 15 is 0 Å². The summed E-state index contributed by atoms with van der Waals surface area (Å²) >= 11 is 0. The Morgan fingerprint density at radius 2 is 1.75 bits per heavy atom. The fourth-order valence-corrected chi connectivity index (χ4v) is 2.31. The number of carbonyl (C=O) groups is 1. The molecular weight excluding hydrogens is 250 g/mol. The molecule has 0 amide bonds. The van der Waals surface area contributed by atoms with Gasteiger partial charge in [-0.05, 0) is 18.8 Å². The molecule has 0 saturated heterocycles. The molecule has 0 rings (SSSR count). The molecule has 0 aromatic carbocycles. The van der Waals surface area contributed by atoms with Crippen molar-refractivity contribution in [1.29, 1.82) is 5.26 Å². The molecule has 0 fully saturated rings. The van der Waals surface area contributed by atoms with Crippen LogP contribution >= 0.6 is 0 Å². The number of hydrogen-bond donors (Lipinski definition) is 1. The number of aliphatic carboxylic acids is 1. The molecular formula is C17H29NO2. The molecule has 0 radical (unpaired) electrons. The summed E-state index contributed by atoms with van der Waals surface area (Å²) in [5.74, 6) is -0.315. The molecule has 0 aliphatic heterocycles. The number of hydrogen-bond acceptors (Lipinski definition) is 2. The number of rotatable bonds is 12. The predicted octanol–water partition coefficient (Wildman–Crippen LogP) is 5.08. The van der Waals surface area contributed by atoms with Gasteiger partial charge in [-0.25, -0.2) is 4.79 Å². The van der Waals surface area contributed by atoms with Crippen LogP contribution in [0.3, 0.4) is 0 Å². The fourth-order valence-electron chi connectivity index (χ4n) is 2.31. The van der Waals surface area contributed by atoms with Gasteiger partial charge < -0.3 is 5.11 Å². The van der Waals surface area contributed by atoms with Crippen LogP contribution in [0.5, 0.6) is 0 Å². The summed E-state index contributed by atoms with van der Waals surface area (Å²) in [6.45, 7) is 4.56. The topological polar surface area (TPSA) is 61.1 Å². The van der Waals surface area contributed by atoms with Gasteiger partial charge in [0.1, 0.15) is 11.6 Å². The highest BCUT2D eigenvalue weighted by Crippen LogP contribution is 2.17. The third-order valence-corrected chi connectivity index (χ3v) is 3.65. The Morgan fingerprint density at radius 1 is 1.15 bits per heavy atom. The van der Waals surface area contributed by atoms with Crippen LogP contribution in [0.1, 0.15) is 78.1 Å². The van der Waals surface area contributed by atoms with Crippen LogP contribution in [0, 0.1) is 17.2 Å². The molecule has 1 unspecified atom stereocenters. The number of allylic oxidation sites excluding steroid dienone is 1. The average Bonchev–Trinajstić information content (AvgIpc) is 2.42. The van der Waals surface area contributed by atoms with Gasteiger partial charge in [0.25, 0.3) is 0 Å². The Kier molecular flexibility index (Phi) is 11.9. The SMILES string of the molecule is CCCCCCC(C)CCCCC/C=C(\C#N)C(=O)O. The number of nitrogens with zero attached hydrogens (tertiary/aromatic N) is 1. The van der Waals surface area contributed by atoms with Crippen molar-refractivity contribution >= 4 is 5.97 Å². The molecule has 1 atom stereocenters. The van der Waals surface area contributed by atoms with Crippen molar-refractivity contribution < 1.29 is 9.90 Å². The minimum atomic E-state index is -1.12. The summed E-state index contributed by atoms with van der Waals surface area (Å²) in [6.07, 6.45) is 13.5. The molecule has 0 aromatic heterocycles. The van der Waals surface area contributed by atoms with E-state index in [2.05, 4.69) is 13.8 Å². The maximum absolute atomic E-state index is 10.6. The van der Waals surface area contributed by atoms with Crippen molar-refractivity contribution in [2.45, 2.75) is 78.1 Å². The molecule has 114 valence electrons. The standard InChI is InChI=1S/C17H29NO2/c1-3-4-5-8-11-15(2)12-9-6-7-10-13-16(14-18)17(19)20/h13,15H,3-12H2,1-2H3,(H,19,20)/b16-13+. The zero-order valence-corrected chi connectivity index (χ0v) is 13.0. The molecule has 0 saturated carbocycles. The summed E-state index contributed by atoms with van der Waals surface area (Å²) in [5.41, 5.74) is -0.130. The van der Waals surface area contributed by atoms with Crippen molar-refractivity contribution in [1.82, 2.24) is 0 Å². The zero-order valence-electron chi connectivity index (χ0n) is 13.0. The van der Waals surface area contributed by atoms with Gasteiger partial charge in [-0.3, -0.25) is 0 Å². The van der Waals surface area contributed by atoms with E-state index in [4.69, 9.17) is 10.4 Å². The van der Waals surface area contributed by atoms with Crippen molar-refractivity contribution in [3.63, 3.8) is 0 Å². The summed E-state index contributed by atoms with van der Waals surface area (Å²) < 4.78 is 0. The van der Waals surface area contributed by atoms with Gasteiger partial charge in [0.15, 0.2) is 0 Å². The lowest BCUT2D eigenvalue weighted by Gasteiger charge is -2.10. The lowest BCUT2D eigenvalue weighted by Crippen LogP contribution is -1.97. The van der Waals surface area contributed by atoms with Gasteiger partial charge in [0.05, 0.1) is 0 Å². The highest BCUT2D eigenvalue weighted by molar-refractivity contribution is 5.90. The second-order valence-electron chi connectivity index (χ2n) is 5.63. The van der Waals surface area contributed by atoms with Crippen molar-refractivity contribution in [2.75, 3.05) is 0 Å². The summed E-state index contributed by atoms with van der Waals surface area (Å²) in [6, 6.07) is 1.71. The zero-order chi connectivity index (χ0) is 15.2. The monoisotopic (exact) mass is 279 g/mol. The maximum Gasteiger partial charge on any atom is 0.346 e. The Balaban J connectivity index is 3.52. The second-order valence-corrected chi connectivity index (χ2v) is 5.63. The van der Waals surface area contributed by atoms with Crippen LogP contribution in [-0.4, -0.2) is 11.1 Å². The van der Waals surface area contributed by atoms with Crippen LogP contribution in [0.25, 0.3) is 0 Å². The van der Waals surface area contributed by atoms with E-state index in [9.17, 15) is 4.79 Å². The van der Waals surface area contributed by atoms with E-state index in [0.717, 1.165) is 18.8 Å². The lowest BCUT2D eigenvalue weighted by atomic mass is 9.96. The molecule has 3 heteroatoms. The number of carboxylic acids is 1. The molecule has 3 nitrogen and oxygen atoms in total. The Labute approximate surface area is 123 Å². The molecule has 0 heterocycles. The van der Waals surface area contributed by atoms with Crippen LogP contribution in [0.15, 0.2) is 11.6 Å². The van der Waals surface area contributed by atoms with E-state index in [0.29, 0.717) is 6.42 Å². The van der Waals surface area contributed by atoms with E-state index in [1.165, 1.54) is 51.0 Å². The van der Waals surface area contributed by atoms with Crippen molar-refractivity contribution in [3.8, 4) is 6.07 Å². The first kappa shape index (κ1) is 18.7. The highest BCUT2D eigenvalue weighted by atomic mass is 16.4. The largest absolute Gasteiger partial charge is 0.477 e. The third-order valence-electron chi connectivity index (χ3n) is 3.65. The van der Waals surface area contributed by atoms with Crippen LogP contribution in [0.4, 0.5) is 0 Å². The van der Waals surface area contributed by atoms with E-state index < -0.39 is 5.97 Å². The van der Waals surface area contributed by atoms with E-state index in [-0.39, 0.29) is 5.57 Å². The van der Waals surface area contributed by atoms with Gasteiger partial charge in [-0.2, -0.15) is 5.26 Å².